The summed E-state index contributed by atoms with van der Waals surface area (Å²) in [6, 6.07) is 22.2. The summed E-state index contributed by atoms with van der Waals surface area (Å²) in [5.41, 5.74) is -0.334. The normalized spacial score (nSPS) is 12.4. The predicted molar refractivity (Wildman–Crippen MR) is 176 cm³/mol. The largest absolute Gasteiger partial charge is 0.478 e. The van der Waals surface area contributed by atoms with E-state index in [-0.39, 0.29) is 31.0 Å². The first-order chi connectivity index (χ1) is 22.5. The number of amides is 2. The van der Waals surface area contributed by atoms with Gasteiger partial charge in [0, 0.05) is 24.2 Å². The molecule has 0 saturated carbocycles. The van der Waals surface area contributed by atoms with Gasteiger partial charge in [-0.25, -0.2) is 14.8 Å². The zero-order valence-electron chi connectivity index (χ0n) is 26.6. The average molecular weight is 642 g/mol. The molecule has 2 atom stereocenters. The number of aliphatic hydroxyl groups is 1. The first-order valence-corrected chi connectivity index (χ1v) is 15.2. The average Bonchev–Trinajstić information content (AvgIpc) is 3.05. The lowest BCUT2D eigenvalue weighted by molar-refractivity contribution is -0.130. The molecule has 47 heavy (non-hydrogen) atoms. The number of ether oxygens (including phenoxy) is 2. The van der Waals surface area contributed by atoms with Crippen LogP contribution in [0.25, 0.3) is 11.4 Å². The zero-order valence-corrected chi connectivity index (χ0v) is 26.6. The Morgan fingerprint density at radius 2 is 1.62 bits per heavy atom. The maximum atomic E-state index is 13.6. The van der Waals surface area contributed by atoms with Gasteiger partial charge in [0.1, 0.15) is 29.8 Å². The van der Waals surface area contributed by atoms with Gasteiger partial charge in [-0.15, -0.1) is 0 Å². The van der Waals surface area contributed by atoms with Crippen LogP contribution in [0.3, 0.4) is 0 Å². The molecule has 2 aromatic carbocycles. The van der Waals surface area contributed by atoms with Crippen LogP contribution in [0.1, 0.15) is 39.2 Å². The smallest absolute Gasteiger partial charge is 0.412 e. The number of hydrogen-bond acceptors (Lipinski definition) is 9. The fourth-order valence-electron chi connectivity index (χ4n) is 4.69. The maximum absolute atomic E-state index is 13.6. The summed E-state index contributed by atoms with van der Waals surface area (Å²) >= 11 is 0. The lowest BCUT2D eigenvalue weighted by Gasteiger charge is -2.24. The van der Waals surface area contributed by atoms with Crippen LogP contribution in [0.4, 0.5) is 10.5 Å². The molecule has 0 fully saturated rings. The van der Waals surface area contributed by atoms with E-state index in [1.165, 1.54) is 6.20 Å². The van der Waals surface area contributed by atoms with Crippen LogP contribution < -0.4 is 20.9 Å². The quantitative estimate of drug-likeness (QED) is 0.172. The third kappa shape index (κ3) is 10.6. The third-order valence-corrected chi connectivity index (χ3v) is 6.83. The lowest BCUT2D eigenvalue weighted by Crippen LogP contribution is -2.49. The Balaban J connectivity index is 1.53. The molecule has 2 aromatic heterocycles. The molecule has 12 heteroatoms. The Kier molecular flexibility index (Phi) is 12.0. The molecular formula is C35H39N5O7. The molecule has 3 N–H and O–H groups in total. The van der Waals surface area contributed by atoms with Crippen LogP contribution in [-0.4, -0.2) is 61.8 Å². The van der Waals surface area contributed by atoms with Crippen molar-refractivity contribution in [1.82, 2.24) is 19.9 Å². The second-order valence-electron chi connectivity index (χ2n) is 11.8. The van der Waals surface area contributed by atoms with Crippen LogP contribution in [0.2, 0.25) is 0 Å². The molecule has 0 saturated heterocycles. The van der Waals surface area contributed by atoms with E-state index in [1.807, 2.05) is 30.3 Å². The van der Waals surface area contributed by atoms with Crippen LogP contribution in [0.5, 0.6) is 5.88 Å². The summed E-state index contributed by atoms with van der Waals surface area (Å²) in [6.07, 6.45) is 0.922. The molecule has 0 spiro atoms. The standard InChI is InChI=1S/C35H39N5O7/c1-35(2,3)47-34(45)39-27-22-37-32(25-15-8-5-9-16-25)40(33(27)44)23-29(42)38-26(21-24-13-6-4-7-14-24)31(43)28(41)17-12-20-46-30-18-10-11-19-36-30/h4-11,13-16,18-19,22,26,31,43H,12,17,20-21,23H2,1-3H3,(H,38,42)(H,39,45). The summed E-state index contributed by atoms with van der Waals surface area (Å²) < 4.78 is 11.9. The second-order valence-corrected chi connectivity index (χ2v) is 11.8. The van der Waals surface area contributed by atoms with Gasteiger partial charge in [-0.2, -0.15) is 0 Å². The lowest BCUT2D eigenvalue weighted by atomic mass is 9.96. The van der Waals surface area contributed by atoms with Gasteiger partial charge in [0.05, 0.1) is 18.8 Å². The summed E-state index contributed by atoms with van der Waals surface area (Å²) in [5.74, 6) is -0.501. The molecular weight excluding hydrogens is 602 g/mol. The van der Waals surface area contributed by atoms with Gasteiger partial charge < -0.3 is 19.9 Å². The van der Waals surface area contributed by atoms with E-state index in [1.54, 1.807) is 75.5 Å². The fourth-order valence-corrected chi connectivity index (χ4v) is 4.69. The van der Waals surface area contributed by atoms with E-state index in [0.717, 1.165) is 10.1 Å². The van der Waals surface area contributed by atoms with Gasteiger partial charge in [-0.1, -0.05) is 66.7 Å². The van der Waals surface area contributed by atoms with Crippen LogP contribution in [0.15, 0.2) is 96.1 Å². The molecule has 246 valence electrons. The summed E-state index contributed by atoms with van der Waals surface area (Å²) in [5, 5.41) is 16.3. The van der Waals surface area contributed by atoms with Gasteiger partial charge >= 0.3 is 6.09 Å². The minimum Gasteiger partial charge on any atom is -0.478 e. The molecule has 12 nitrogen and oxygen atoms in total. The number of nitrogens with one attached hydrogen (secondary N) is 2. The molecule has 0 aliphatic carbocycles. The van der Waals surface area contributed by atoms with E-state index in [0.29, 0.717) is 17.9 Å². The van der Waals surface area contributed by atoms with Crippen molar-refractivity contribution in [3.63, 3.8) is 0 Å². The first kappa shape index (κ1) is 34.5. The molecule has 4 rings (SSSR count). The van der Waals surface area contributed by atoms with Crippen molar-refractivity contribution in [3.05, 3.63) is 107 Å². The van der Waals surface area contributed by atoms with E-state index < -0.39 is 47.6 Å². The molecule has 0 aliphatic heterocycles. The molecule has 0 bridgehead atoms. The Hall–Kier alpha value is -5.36. The minimum atomic E-state index is -1.53. The predicted octanol–water partition coefficient (Wildman–Crippen LogP) is 4.17. The molecule has 2 unspecified atom stereocenters. The zero-order chi connectivity index (χ0) is 33.8. The minimum absolute atomic E-state index is 0.00900. The van der Waals surface area contributed by atoms with Crippen molar-refractivity contribution >= 4 is 23.5 Å². The number of pyridine rings is 1. The van der Waals surface area contributed by atoms with Gasteiger partial charge in [0.25, 0.3) is 5.56 Å². The number of Topliss-reactive ketones (excluding diaryl/α,β-unsaturated/α-hetero) is 1. The third-order valence-electron chi connectivity index (χ3n) is 6.83. The summed E-state index contributed by atoms with van der Waals surface area (Å²) in [4.78, 5) is 61.1. The number of ketones is 1. The van der Waals surface area contributed by atoms with Crippen molar-refractivity contribution in [2.45, 2.75) is 64.3 Å². The van der Waals surface area contributed by atoms with Crippen LogP contribution >= 0.6 is 0 Å². The monoisotopic (exact) mass is 641 g/mol. The SMILES string of the molecule is CC(C)(C)OC(=O)Nc1cnc(-c2ccccc2)n(CC(=O)NC(Cc2ccccc2)C(O)C(=O)CCCOc2ccccn2)c1=O. The molecule has 0 aliphatic rings. The van der Waals surface area contributed by atoms with E-state index in [2.05, 4.69) is 20.6 Å². The van der Waals surface area contributed by atoms with Crippen molar-refractivity contribution < 1.29 is 29.0 Å². The summed E-state index contributed by atoms with van der Waals surface area (Å²) in [6.45, 7) is 4.77. The number of carbonyl (C=O) groups is 3. The number of carbonyl (C=O) groups excluding carboxylic acids is 3. The highest BCUT2D eigenvalue weighted by molar-refractivity contribution is 5.86. The van der Waals surface area contributed by atoms with Crippen molar-refractivity contribution in [3.8, 4) is 17.3 Å². The fraction of sp³-hybridized carbons (Fsp3) is 0.314. The van der Waals surface area contributed by atoms with Gasteiger partial charge in [-0.05, 0) is 45.2 Å². The van der Waals surface area contributed by atoms with E-state index in [9.17, 15) is 24.3 Å². The van der Waals surface area contributed by atoms with Crippen molar-refractivity contribution in [1.29, 1.82) is 0 Å². The number of hydrogen-bond donors (Lipinski definition) is 3. The summed E-state index contributed by atoms with van der Waals surface area (Å²) in [7, 11) is 0. The number of benzene rings is 2. The number of rotatable bonds is 14. The highest BCUT2D eigenvalue weighted by Crippen LogP contribution is 2.17. The highest BCUT2D eigenvalue weighted by Gasteiger charge is 2.28. The van der Waals surface area contributed by atoms with Gasteiger partial charge in [-0.3, -0.25) is 24.3 Å². The first-order valence-electron chi connectivity index (χ1n) is 15.2. The van der Waals surface area contributed by atoms with Crippen molar-refractivity contribution in [2.24, 2.45) is 0 Å². The Morgan fingerprint density at radius 3 is 2.28 bits per heavy atom. The highest BCUT2D eigenvalue weighted by atomic mass is 16.6. The topological polar surface area (TPSA) is 162 Å². The number of anilines is 1. The van der Waals surface area contributed by atoms with Crippen LogP contribution in [-0.2, 0) is 27.3 Å². The Bertz CT molecular complexity index is 1690. The van der Waals surface area contributed by atoms with E-state index >= 15 is 0 Å². The molecule has 0 radical (unpaired) electrons. The van der Waals surface area contributed by atoms with Gasteiger partial charge in [0.2, 0.25) is 11.8 Å². The Labute approximate surface area is 272 Å². The molecule has 2 amide bonds. The maximum Gasteiger partial charge on any atom is 0.412 e. The number of nitrogens with zero attached hydrogens (tertiary/aromatic N) is 3. The van der Waals surface area contributed by atoms with Gasteiger partial charge in [0.15, 0.2) is 5.78 Å². The molecule has 2 heterocycles. The van der Waals surface area contributed by atoms with E-state index in [4.69, 9.17) is 9.47 Å². The van der Waals surface area contributed by atoms with Crippen molar-refractivity contribution in [2.75, 3.05) is 11.9 Å². The number of aromatic nitrogens is 3. The van der Waals surface area contributed by atoms with Crippen LogP contribution in [0, 0.1) is 0 Å². The Morgan fingerprint density at radius 1 is 0.936 bits per heavy atom. The molecule has 4 aromatic rings. The number of aliphatic hydroxyl groups excluding tert-OH is 1. The second kappa shape index (κ2) is 16.3.